The van der Waals surface area contributed by atoms with E-state index in [2.05, 4.69) is 5.32 Å². The second kappa shape index (κ2) is 12.7. The van der Waals surface area contributed by atoms with Crippen molar-refractivity contribution in [1.29, 1.82) is 0 Å². The average Bonchev–Trinajstić information content (AvgIpc) is 2.81. The molecule has 0 aliphatic rings. The van der Waals surface area contributed by atoms with E-state index in [-0.39, 0.29) is 36.2 Å². The quantitative estimate of drug-likeness (QED) is 0.488. The van der Waals surface area contributed by atoms with Crippen molar-refractivity contribution in [3.8, 4) is 0 Å². The van der Waals surface area contributed by atoms with E-state index in [1.54, 1.807) is 49.4 Å². The van der Waals surface area contributed by atoms with Gasteiger partial charge in [-0.05, 0) is 43.5 Å². The Morgan fingerprint density at radius 1 is 1.06 bits per heavy atom. The maximum atomic E-state index is 13.1. The first-order valence-corrected chi connectivity index (χ1v) is 12.8. The van der Waals surface area contributed by atoms with Crippen molar-refractivity contribution in [3.63, 3.8) is 0 Å². The number of carbonyl (C=O) groups excluding carboxylic acids is 2. The van der Waals surface area contributed by atoms with E-state index >= 15 is 0 Å². The van der Waals surface area contributed by atoms with Gasteiger partial charge in [0.1, 0.15) is 6.04 Å². The molecule has 2 aromatic rings. The first-order chi connectivity index (χ1) is 15.7. The minimum Gasteiger partial charge on any atom is -0.354 e. The van der Waals surface area contributed by atoms with Gasteiger partial charge in [-0.1, -0.05) is 54.9 Å². The molecule has 9 heteroatoms. The second-order valence-corrected chi connectivity index (χ2v) is 10.3. The van der Waals surface area contributed by atoms with Crippen LogP contribution in [0.2, 0.25) is 5.02 Å². The third-order valence-corrected chi connectivity index (χ3v) is 7.57. The zero-order valence-corrected chi connectivity index (χ0v) is 20.9. The van der Waals surface area contributed by atoms with Crippen molar-refractivity contribution in [1.82, 2.24) is 14.5 Å². The number of benzene rings is 2. The number of rotatable bonds is 12. The normalized spacial score (nSPS) is 12.4. The van der Waals surface area contributed by atoms with E-state index < -0.39 is 16.1 Å². The highest BCUT2D eigenvalue weighted by atomic mass is 35.5. The Bertz CT molecular complexity index is 1030. The monoisotopic (exact) mass is 493 g/mol. The van der Waals surface area contributed by atoms with Crippen molar-refractivity contribution in [2.24, 2.45) is 0 Å². The molecule has 0 radical (unpaired) electrons. The van der Waals surface area contributed by atoms with Gasteiger partial charge in [-0.2, -0.15) is 0 Å². The molecule has 0 aromatic heterocycles. The van der Waals surface area contributed by atoms with Crippen molar-refractivity contribution in [2.45, 2.75) is 50.6 Å². The molecule has 0 saturated carbocycles. The van der Waals surface area contributed by atoms with E-state index in [1.807, 2.05) is 19.1 Å². The molecule has 180 valence electrons. The fourth-order valence-electron chi connectivity index (χ4n) is 3.28. The van der Waals surface area contributed by atoms with Gasteiger partial charge < -0.3 is 10.2 Å². The summed E-state index contributed by atoms with van der Waals surface area (Å²) in [6.07, 6.45) is 1.22. The Balaban J connectivity index is 2.07. The van der Waals surface area contributed by atoms with Crippen LogP contribution in [-0.2, 0) is 26.2 Å². The molecule has 0 aliphatic carbocycles. The lowest BCUT2D eigenvalue weighted by Crippen LogP contribution is -2.47. The first kappa shape index (κ1) is 26.8. The van der Waals surface area contributed by atoms with Gasteiger partial charge in [0.25, 0.3) is 0 Å². The van der Waals surface area contributed by atoms with Gasteiger partial charge in [-0.15, -0.1) is 0 Å². The number of nitrogens with one attached hydrogen (secondary N) is 1. The van der Waals surface area contributed by atoms with Crippen LogP contribution in [0.5, 0.6) is 0 Å². The topological polar surface area (TPSA) is 86.8 Å². The molecule has 0 aliphatic heterocycles. The zero-order valence-electron chi connectivity index (χ0n) is 19.3. The van der Waals surface area contributed by atoms with Crippen molar-refractivity contribution in [3.05, 3.63) is 65.2 Å². The summed E-state index contributed by atoms with van der Waals surface area (Å²) in [6.45, 7) is 4.54. The SMILES string of the molecule is CCCNC(=O)[C@H](C)N(Cc1ccccc1Cl)C(=O)CCCN(C)S(=O)(=O)c1ccccc1. The molecule has 1 N–H and O–H groups in total. The number of sulfonamides is 1. The Labute approximate surface area is 201 Å². The van der Waals surface area contributed by atoms with E-state index in [1.165, 1.54) is 16.3 Å². The van der Waals surface area contributed by atoms with Crippen LogP contribution in [0.15, 0.2) is 59.5 Å². The summed E-state index contributed by atoms with van der Waals surface area (Å²) in [6, 6.07) is 14.7. The highest BCUT2D eigenvalue weighted by Crippen LogP contribution is 2.20. The lowest BCUT2D eigenvalue weighted by Gasteiger charge is -2.29. The van der Waals surface area contributed by atoms with Gasteiger partial charge >= 0.3 is 0 Å². The molecule has 33 heavy (non-hydrogen) atoms. The van der Waals surface area contributed by atoms with Gasteiger partial charge in [0.05, 0.1) is 4.90 Å². The second-order valence-electron chi connectivity index (χ2n) is 7.82. The molecule has 0 saturated heterocycles. The molecule has 2 rings (SSSR count). The molecular formula is C24H32ClN3O4S. The average molecular weight is 494 g/mol. The lowest BCUT2D eigenvalue weighted by molar-refractivity contribution is -0.140. The number of nitrogens with zero attached hydrogens (tertiary/aromatic N) is 2. The van der Waals surface area contributed by atoms with Gasteiger partial charge in [0.15, 0.2) is 0 Å². The summed E-state index contributed by atoms with van der Waals surface area (Å²) in [5.41, 5.74) is 0.742. The molecule has 0 spiro atoms. The highest BCUT2D eigenvalue weighted by Gasteiger charge is 2.27. The molecule has 1 atom stereocenters. The summed E-state index contributed by atoms with van der Waals surface area (Å²) in [5.74, 6) is -0.472. The third kappa shape index (κ3) is 7.55. The number of carbonyl (C=O) groups is 2. The smallest absolute Gasteiger partial charge is 0.242 e. The summed E-state index contributed by atoms with van der Waals surface area (Å²) >= 11 is 6.28. The van der Waals surface area contributed by atoms with Gasteiger partial charge in [-0.25, -0.2) is 12.7 Å². The minimum absolute atomic E-state index is 0.102. The predicted octanol–water partition coefficient (Wildman–Crippen LogP) is 3.68. The summed E-state index contributed by atoms with van der Waals surface area (Å²) < 4.78 is 26.6. The van der Waals surface area contributed by atoms with Crippen LogP contribution in [0.25, 0.3) is 0 Å². The largest absolute Gasteiger partial charge is 0.354 e. The van der Waals surface area contributed by atoms with E-state index in [9.17, 15) is 18.0 Å². The Morgan fingerprint density at radius 2 is 1.70 bits per heavy atom. The summed E-state index contributed by atoms with van der Waals surface area (Å²) in [5, 5.41) is 3.35. The molecule has 0 fully saturated rings. The van der Waals surface area contributed by atoms with E-state index in [4.69, 9.17) is 11.6 Å². The van der Waals surface area contributed by atoms with Crippen LogP contribution < -0.4 is 5.32 Å². The molecule has 2 amide bonds. The fourth-order valence-corrected chi connectivity index (χ4v) is 4.70. The van der Waals surface area contributed by atoms with Crippen molar-refractivity contribution < 1.29 is 18.0 Å². The predicted molar refractivity (Wildman–Crippen MR) is 130 cm³/mol. The number of amides is 2. The van der Waals surface area contributed by atoms with Crippen LogP contribution >= 0.6 is 11.6 Å². The van der Waals surface area contributed by atoms with Crippen molar-refractivity contribution in [2.75, 3.05) is 20.1 Å². The van der Waals surface area contributed by atoms with Gasteiger partial charge in [0.2, 0.25) is 21.8 Å². The number of halogens is 1. The molecule has 0 bridgehead atoms. The van der Waals surface area contributed by atoms with E-state index in [0.29, 0.717) is 18.0 Å². The van der Waals surface area contributed by atoms with Crippen LogP contribution in [0.1, 0.15) is 38.7 Å². The Morgan fingerprint density at radius 3 is 2.33 bits per heavy atom. The van der Waals surface area contributed by atoms with E-state index in [0.717, 1.165) is 12.0 Å². The minimum atomic E-state index is -3.62. The third-order valence-electron chi connectivity index (χ3n) is 5.33. The number of hydrogen-bond acceptors (Lipinski definition) is 4. The highest BCUT2D eigenvalue weighted by molar-refractivity contribution is 7.89. The standard InChI is InChI=1S/C24H32ClN3O4S/c1-4-16-26-24(30)19(2)28(18-20-11-8-9-14-22(20)25)23(29)15-10-17-27(3)33(31,32)21-12-6-5-7-13-21/h5-9,11-14,19H,4,10,15-18H2,1-3H3,(H,26,30)/t19-/m0/s1. The maximum absolute atomic E-state index is 13.1. The maximum Gasteiger partial charge on any atom is 0.242 e. The Hall–Kier alpha value is -2.42. The lowest BCUT2D eigenvalue weighted by atomic mass is 10.1. The van der Waals surface area contributed by atoms with Gasteiger partial charge in [-0.3, -0.25) is 9.59 Å². The van der Waals surface area contributed by atoms with Gasteiger partial charge in [0, 0.05) is 38.1 Å². The molecule has 0 unspecified atom stereocenters. The molecule has 2 aromatic carbocycles. The van der Waals surface area contributed by atoms with Crippen LogP contribution in [0.4, 0.5) is 0 Å². The molecule has 7 nitrogen and oxygen atoms in total. The Kier molecular flexibility index (Phi) is 10.3. The molecule has 0 heterocycles. The fraction of sp³-hybridized carbons (Fsp3) is 0.417. The first-order valence-electron chi connectivity index (χ1n) is 11.0. The number of hydrogen-bond donors (Lipinski definition) is 1. The summed E-state index contributed by atoms with van der Waals surface area (Å²) in [7, 11) is -2.13. The summed E-state index contributed by atoms with van der Waals surface area (Å²) in [4.78, 5) is 27.4. The van der Waals surface area contributed by atoms with Crippen LogP contribution in [0, 0.1) is 0 Å². The zero-order chi connectivity index (χ0) is 24.4. The van der Waals surface area contributed by atoms with Crippen LogP contribution in [-0.4, -0.2) is 55.6 Å². The molecular weight excluding hydrogens is 462 g/mol. The van der Waals surface area contributed by atoms with Crippen molar-refractivity contribution >= 4 is 33.4 Å². The van der Waals surface area contributed by atoms with Crippen LogP contribution in [0.3, 0.4) is 0 Å².